The minimum absolute atomic E-state index is 0.0994. The highest BCUT2D eigenvalue weighted by atomic mass is 35.5. The molecule has 4 saturated heterocycles. The van der Waals surface area contributed by atoms with E-state index < -0.39 is 23.8 Å². The van der Waals surface area contributed by atoms with E-state index in [-0.39, 0.29) is 24.2 Å². The number of rotatable bonds is 10. The van der Waals surface area contributed by atoms with E-state index in [9.17, 15) is 24.4 Å². The van der Waals surface area contributed by atoms with E-state index in [1.165, 1.54) is 12.8 Å². The van der Waals surface area contributed by atoms with Crippen LogP contribution in [0.1, 0.15) is 108 Å². The van der Waals surface area contributed by atoms with Gasteiger partial charge >= 0.3 is 0 Å². The lowest BCUT2D eigenvalue weighted by molar-refractivity contribution is -0.136. The summed E-state index contributed by atoms with van der Waals surface area (Å²) in [4.78, 5) is 69.2. The zero-order valence-electron chi connectivity index (χ0n) is 35.9. The van der Waals surface area contributed by atoms with E-state index >= 15 is 0 Å². The lowest BCUT2D eigenvalue weighted by Gasteiger charge is -2.47. The van der Waals surface area contributed by atoms with Crippen molar-refractivity contribution in [3.63, 3.8) is 0 Å². The second kappa shape index (κ2) is 17.4. The number of hydrogen-bond acceptors (Lipinski definition) is 11. The van der Waals surface area contributed by atoms with Gasteiger partial charge in [0.2, 0.25) is 17.8 Å². The molecule has 0 radical (unpaired) electrons. The molecule has 3 aromatic carbocycles. The molecule has 326 valence electrons. The highest BCUT2D eigenvalue weighted by molar-refractivity contribution is 6.30. The molecule has 5 aliphatic rings. The minimum Gasteiger partial charge on any atom is -0.487 e. The van der Waals surface area contributed by atoms with Gasteiger partial charge in [-0.1, -0.05) is 43.6 Å². The highest BCUT2D eigenvalue weighted by Gasteiger charge is 2.46. The molecule has 0 aliphatic carbocycles. The predicted octanol–water partition coefficient (Wildman–Crippen LogP) is 6.91. The molecule has 4 fully saturated rings. The molecule has 1 unspecified atom stereocenters. The molecule has 1 N–H and O–H groups in total. The Kier molecular flexibility index (Phi) is 11.7. The Morgan fingerprint density at radius 1 is 0.857 bits per heavy atom. The summed E-state index contributed by atoms with van der Waals surface area (Å²) < 4.78 is 6.17. The Hall–Kier alpha value is -5.84. The topological polar surface area (TPSA) is 152 Å². The van der Waals surface area contributed by atoms with Gasteiger partial charge in [0.1, 0.15) is 18.4 Å². The molecule has 0 bridgehead atoms. The van der Waals surface area contributed by atoms with Gasteiger partial charge in [0.15, 0.2) is 0 Å². The van der Waals surface area contributed by atoms with Crippen LogP contribution in [0.4, 0.5) is 11.6 Å². The number of nitriles is 1. The van der Waals surface area contributed by atoms with Crippen LogP contribution in [0.2, 0.25) is 5.02 Å². The fraction of sp³-hybridized carbons (Fsp3) is 0.449. The summed E-state index contributed by atoms with van der Waals surface area (Å²) in [5.74, 6) is 0.182. The van der Waals surface area contributed by atoms with Gasteiger partial charge in [0, 0.05) is 55.8 Å². The zero-order valence-corrected chi connectivity index (χ0v) is 36.7. The molecule has 1 spiro atoms. The molecule has 4 amide bonds. The fourth-order valence-corrected chi connectivity index (χ4v) is 10.5. The van der Waals surface area contributed by atoms with Gasteiger partial charge in [0.25, 0.3) is 11.8 Å². The number of ether oxygens (including phenoxy) is 1. The number of amides is 4. The van der Waals surface area contributed by atoms with Crippen molar-refractivity contribution in [2.24, 2.45) is 11.3 Å². The molecule has 1 aromatic heterocycles. The van der Waals surface area contributed by atoms with E-state index in [0.29, 0.717) is 39.7 Å². The monoisotopic (exact) mass is 868 g/mol. The normalized spacial score (nSPS) is 20.8. The third-order valence-electron chi connectivity index (χ3n) is 14.4. The van der Waals surface area contributed by atoms with Crippen LogP contribution in [0.25, 0.3) is 0 Å². The number of piperidine rings is 4. The maximum absolute atomic E-state index is 13.7. The molecule has 1 atom stereocenters. The number of benzene rings is 3. The Labute approximate surface area is 373 Å². The minimum atomic E-state index is -0.970. The van der Waals surface area contributed by atoms with Gasteiger partial charge in [-0.15, -0.1) is 0 Å². The predicted molar refractivity (Wildman–Crippen MR) is 239 cm³/mol. The third kappa shape index (κ3) is 8.63. The summed E-state index contributed by atoms with van der Waals surface area (Å²) in [7, 11) is 0. The summed E-state index contributed by atoms with van der Waals surface area (Å²) in [5, 5.41) is 12.3. The van der Waals surface area contributed by atoms with Crippen molar-refractivity contribution in [1.82, 2.24) is 25.1 Å². The van der Waals surface area contributed by atoms with Crippen molar-refractivity contribution in [2.75, 3.05) is 55.6 Å². The van der Waals surface area contributed by atoms with Crippen LogP contribution in [-0.4, -0.2) is 95.3 Å². The van der Waals surface area contributed by atoms with E-state index in [1.807, 2.05) is 48.7 Å². The number of imide groups is 2. The van der Waals surface area contributed by atoms with Crippen molar-refractivity contribution < 1.29 is 23.9 Å². The second-order valence-electron chi connectivity index (χ2n) is 18.5. The smallest absolute Gasteiger partial charge is 0.264 e. The molecule has 6 heterocycles. The number of aromatic nitrogens is 2. The lowest BCUT2D eigenvalue weighted by atomic mass is 9.71. The fourth-order valence-electron chi connectivity index (χ4n) is 10.3. The van der Waals surface area contributed by atoms with Crippen molar-refractivity contribution in [2.45, 2.75) is 83.3 Å². The van der Waals surface area contributed by atoms with Crippen LogP contribution in [-0.2, 0) is 21.6 Å². The number of anilines is 2. The summed E-state index contributed by atoms with van der Waals surface area (Å²) in [6, 6.07) is 22.1. The zero-order chi connectivity index (χ0) is 43.9. The van der Waals surface area contributed by atoms with E-state index in [1.54, 1.807) is 12.1 Å². The van der Waals surface area contributed by atoms with Crippen LogP contribution in [0, 0.1) is 22.7 Å². The first-order valence-electron chi connectivity index (χ1n) is 22.2. The van der Waals surface area contributed by atoms with Gasteiger partial charge in [-0.25, -0.2) is 9.97 Å². The number of halogens is 1. The largest absolute Gasteiger partial charge is 0.487 e. The Morgan fingerprint density at radius 2 is 1.59 bits per heavy atom. The van der Waals surface area contributed by atoms with Crippen LogP contribution >= 0.6 is 11.6 Å². The average molecular weight is 869 g/mol. The van der Waals surface area contributed by atoms with Crippen LogP contribution in [0.5, 0.6) is 5.75 Å². The number of nitrogens with one attached hydrogen (secondary N) is 1. The van der Waals surface area contributed by atoms with Gasteiger partial charge in [-0.05, 0) is 129 Å². The number of likely N-dealkylation sites (tertiary alicyclic amines) is 1. The summed E-state index contributed by atoms with van der Waals surface area (Å²) in [6.07, 6.45) is 8.72. The molecular weight excluding hydrogens is 816 g/mol. The van der Waals surface area contributed by atoms with Crippen LogP contribution < -0.4 is 19.9 Å². The second-order valence-corrected chi connectivity index (χ2v) is 18.9. The van der Waals surface area contributed by atoms with Gasteiger partial charge in [0.05, 0.1) is 34.1 Å². The van der Waals surface area contributed by atoms with Gasteiger partial charge in [-0.3, -0.25) is 29.4 Å². The number of carbonyl (C=O) groups excluding carboxylic acids is 4. The highest BCUT2D eigenvalue weighted by Crippen LogP contribution is 2.43. The summed E-state index contributed by atoms with van der Waals surface area (Å²) in [6.45, 7) is 11.3. The van der Waals surface area contributed by atoms with E-state index in [4.69, 9.17) is 21.3 Å². The molecule has 0 saturated carbocycles. The number of fused-ring (bicyclic) bond motifs is 1. The molecule has 14 heteroatoms. The molecule has 13 nitrogen and oxygen atoms in total. The molecule has 9 rings (SSSR count). The number of nitrogens with zero attached hydrogens (tertiary/aromatic N) is 7. The van der Waals surface area contributed by atoms with E-state index in [0.717, 1.165) is 111 Å². The quantitative estimate of drug-likeness (QED) is 0.166. The first kappa shape index (κ1) is 42.5. The Morgan fingerprint density at radius 3 is 2.30 bits per heavy atom. The van der Waals surface area contributed by atoms with Crippen LogP contribution in [0.3, 0.4) is 0 Å². The van der Waals surface area contributed by atoms with Crippen molar-refractivity contribution in [3.8, 4) is 11.8 Å². The Balaban J connectivity index is 0.726. The average Bonchev–Trinajstić information content (AvgIpc) is 3.55. The summed E-state index contributed by atoms with van der Waals surface area (Å²) in [5.41, 5.74) is 4.90. The number of hydrogen-bond donors (Lipinski definition) is 1. The Bertz CT molecular complexity index is 2460. The molecular formula is C49H53ClN8O5. The molecule has 4 aromatic rings. The van der Waals surface area contributed by atoms with E-state index in [2.05, 4.69) is 57.0 Å². The van der Waals surface area contributed by atoms with Crippen molar-refractivity contribution >= 4 is 46.9 Å². The molecule has 5 aliphatic heterocycles. The maximum atomic E-state index is 13.7. The SMILES string of the molecule is CC(C)(c1ccc(OCc2ccnc(N3CCC4(CCN(CC5CCN(c6cccc7c6C(=O)N(C6CCC(=O)NC6=O)C7=O)CC5)CC4)CC3)n2)cc1)c1cc(Cl)cc(C#N)c1. The third-order valence-corrected chi connectivity index (χ3v) is 14.6. The van der Waals surface area contributed by atoms with Crippen molar-refractivity contribution in [1.29, 1.82) is 5.26 Å². The van der Waals surface area contributed by atoms with Gasteiger partial charge < -0.3 is 19.4 Å². The number of carbonyl (C=O) groups is 4. The standard InChI is InChI=1S/C49H53ClN8O5/c1-48(2,35-26-33(29-51)27-36(50)28-35)34-6-8-38(9-7-34)63-31-37-12-19-52-47(53-37)57-24-17-49(18-25-57)15-22-55(23-16-49)30-32-13-20-56(21-14-32)40-5-3-4-39-43(40)46(62)58(45(39)61)41-10-11-42(59)54-44(41)60/h3-9,12,19,26-28,32,41H,10-11,13-18,20-25,30-31H2,1-2H3,(H,54,59,60). The summed E-state index contributed by atoms with van der Waals surface area (Å²) >= 11 is 6.31. The van der Waals surface area contributed by atoms with Crippen molar-refractivity contribution in [3.05, 3.63) is 111 Å². The van der Waals surface area contributed by atoms with Gasteiger partial charge in [-0.2, -0.15) is 5.26 Å². The lowest BCUT2D eigenvalue weighted by Crippen LogP contribution is -2.54. The first-order chi connectivity index (χ1) is 30.4. The maximum Gasteiger partial charge on any atom is 0.264 e. The molecule has 63 heavy (non-hydrogen) atoms. The van der Waals surface area contributed by atoms with Crippen LogP contribution in [0.15, 0.2) is 72.9 Å². The first-order valence-corrected chi connectivity index (χ1v) is 22.6.